The number of hydrogen-bond acceptors (Lipinski definition) is 8. The molecule has 3 amide bonds. The van der Waals surface area contributed by atoms with E-state index in [1.807, 2.05) is 0 Å². The van der Waals surface area contributed by atoms with Crippen LogP contribution >= 0.6 is 11.6 Å². The third-order valence-electron chi connectivity index (χ3n) is 7.72. The first-order valence-electron chi connectivity index (χ1n) is 14.5. The number of aromatic nitrogens is 2. The summed E-state index contributed by atoms with van der Waals surface area (Å²) in [6.07, 6.45) is -3.98. The third kappa shape index (κ3) is 8.44. The van der Waals surface area contributed by atoms with Crippen molar-refractivity contribution in [3.63, 3.8) is 0 Å². The molecule has 0 aliphatic carbocycles. The van der Waals surface area contributed by atoms with Crippen LogP contribution in [-0.4, -0.2) is 111 Å². The molecule has 2 atom stereocenters. The van der Waals surface area contributed by atoms with Gasteiger partial charge in [-0.2, -0.15) is 17.6 Å². The second-order valence-corrected chi connectivity index (χ2v) is 11.3. The number of benzene rings is 2. The van der Waals surface area contributed by atoms with E-state index < -0.39 is 41.8 Å². The van der Waals surface area contributed by atoms with Crippen LogP contribution in [0.15, 0.2) is 36.5 Å². The number of piperazine rings is 1. The Morgan fingerprint density at radius 2 is 1.67 bits per heavy atom. The van der Waals surface area contributed by atoms with Crippen LogP contribution in [0.2, 0.25) is 5.02 Å². The number of aliphatic hydroxyl groups is 1. The van der Waals surface area contributed by atoms with Gasteiger partial charge < -0.3 is 40.0 Å². The monoisotopic (exact) mass is 716 g/mol. The van der Waals surface area contributed by atoms with Crippen LogP contribution in [0.3, 0.4) is 0 Å². The Labute approximate surface area is 280 Å². The summed E-state index contributed by atoms with van der Waals surface area (Å²) in [6, 6.07) is 6.67. The first-order valence-corrected chi connectivity index (χ1v) is 14.9. The predicted octanol–water partition coefficient (Wildman–Crippen LogP) is 2.92. The molecule has 2 aliphatic heterocycles. The number of β-amino-alcohol motifs (C(OH)–C–C–N with tert-alkyl or cyclic N) is 1. The van der Waals surface area contributed by atoms with Crippen molar-refractivity contribution in [3.8, 4) is 17.0 Å². The highest BCUT2D eigenvalue weighted by Crippen LogP contribution is 2.30. The Hall–Kier alpha value is -4.81. The quantitative estimate of drug-likeness (QED) is 0.281. The molecule has 0 unspecified atom stereocenters. The maximum atomic E-state index is 14.6. The summed E-state index contributed by atoms with van der Waals surface area (Å²) in [4.78, 5) is 55.0. The van der Waals surface area contributed by atoms with Crippen molar-refractivity contribution in [2.75, 3.05) is 45.2 Å². The molecule has 264 valence electrons. The van der Waals surface area contributed by atoms with Crippen LogP contribution in [0.5, 0.6) is 5.75 Å². The Morgan fingerprint density at radius 1 is 1.04 bits per heavy atom. The summed E-state index contributed by atoms with van der Waals surface area (Å²) in [5.74, 6) is -6.36. The summed E-state index contributed by atoms with van der Waals surface area (Å²) in [7, 11) is 2.72. The van der Waals surface area contributed by atoms with E-state index in [-0.39, 0.29) is 45.2 Å². The van der Waals surface area contributed by atoms with Crippen molar-refractivity contribution in [3.05, 3.63) is 64.6 Å². The minimum Gasteiger partial charge on any atom is -0.494 e. The number of imidazole rings is 1. The van der Waals surface area contributed by atoms with Crippen molar-refractivity contribution >= 4 is 41.0 Å². The molecule has 49 heavy (non-hydrogen) atoms. The average Bonchev–Trinajstić information content (AvgIpc) is 3.67. The number of amides is 3. The van der Waals surface area contributed by atoms with Crippen molar-refractivity contribution < 1.29 is 56.1 Å². The molecule has 13 nitrogen and oxygen atoms in total. The molecule has 2 aromatic carbocycles. The summed E-state index contributed by atoms with van der Waals surface area (Å²) >= 11 is 6.42. The molecule has 0 saturated carbocycles. The number of aliphatic carboxylic acids is 1. The number of hydrogen-bond donors (Lipinski definition) is 4. The summed E-state index contributed by atoms with van der Waals surface area (Å²) in [5, 5.41) is 22.6. The second-order valence-electron chi connectivity index (χ2n) is 10.9. The van der Waals surface area contributed by atoms with Gasteiger partial charge in [0.1, 0.15) is 0 Å². The minimum absolute atomic E-state index is 0.0633. The van der Waals surface area contributed by atoms with Crippen molar-refractivity contribution in [1.82, 2.24) is 24.7 Å². The average molecular weight is 717 g/mol. The van der Waals surface area contributed by atoms with Crippen molar-refractivity contribution in [2.45, 2.75) is 24.7 Å². The molecule has 2 aliphatic rings. The number of anilines is 1. The molecule has 19 heteroatoms. The summed E-state index contributed by atoms with van der Waals surface area (Å²) in [5.41, 5.74) is 0.630. The highest BCUT2D eigenvalue weighted by atomic mass is 35.5. The maximum Gasteiger partial charge on any atom is 0.490 e. The predicted molar refractivity (Wildman–Crippen MR) is 163 cm³/mol. The van der Waals surface area contributed by atoms with Crippen LogP contribution in [0.1, 0.15) is 27.4 Å². The number of carboxylic acid groups (broad SMARTS) is 1. The number of alkyl halides is 3. The lowest BCUT2D eigenvalue weighted by atomic mass is 10.1. The van der Waals surface area contributed by atoms with Crippen LogP contribution in [-0.2, 0) is 16.6 Å². The maximum absolute atomic E-state index is 14.6. The number of ether oxygens (including phenoxy) is 1. The molecule has 3 heterocycles. The molecular formula is C30H30ClF5N6O7. The molecule has 1 aromatic heterocycles. The molecule has 0 spiro atoms. The van der Waals surface area contributed by atoms with Gasteiger partial charge >= 0.3 is 12.1 Å². The molecular weight excluding hydrogens is 687 g/mol. The lowest BCUT2D eigenvalue weighted by Crippen LogP contribution is -2.54. The normalized spacial score (nSPS) is 17.7. The van der Waals surface area contributed by atoms with E-state index in [1.54, 1.807) is 9.80 Å². The van der Waals surface area contributed by atoms with E-state index in [0.717, 1.165) is 0 Å². The van der Waals surface area contributed by atoms with Gasteiger partial charge in [-0.25, -0.2) is 14.2 Å². The van der Waals surface area contributed by atoms with Gasteiger partial charge in [0, 0.05) is 51.0 Å². The fourth-order valence-electron chi connectivity index (χ4n) is 5.14. The molecule has 2 saturated heterocycles. The fourth-order valence-corrected chi connectivity index (χ4v) is 5.40. The van der Waals surface area contributed by atoms with Gasteiger partial charge in [-0.05, 0) is 36.8 Å². The zero-order valence-corrected chi connectivity index (χ0v) is 26.6. The molecule has 4 N–H and O–H groups in total. The van der Waals surface area contributed by atoms with Crippen molar-refractivity contribution in [1.29, 1.82) is 0 Å². The smallest absolute Gasteiger partial charge is 0.490 e. The van der Waals surface area contributed by atoms with Gasteiger partial charge in [-0.3, -0.25) is 14.4 Å². The zero-order valence-electron chi connectivity index (χ0n) is 25.9. The number of halogens is 6. The Morgan fingerprint density at radius 3 is 2.22 bits per heavy atom. The van der Waals surface area contributed by atoms with E-state index in [0.29, 0.717) is 44.8 Å². The first kappa shape index (κ1) is 37.0. The second kappa shape index (κ2) is 15.2. The largest absolute Gasteiger partial charge is 0.494 e. The number of aliphatic hydroxyl groups excluding tert-OH is 1. The Balaban J connectivity index is 0.000000698. The lowest BCUT2D eigenvalue weighted by Gasteiger charge is -2.36. The minimum atomic E-state index is -5.08. The lowest BCUT2D eigenvalue weighted by molar-refractivity contribution is -0.192. The fraction of sp³-hybridized carbons (Fsp3) is 0.367. The molecule has 5 rings (SSSR count). The van der Waals surface area contributed by atoms with Crippen LogP contribution in [0.4, 0.5) is 27.6 Å². The van der Waals surface area contributed by atoms with E-state index in [2.05, 4.69) is 15.6 Å². The van der Waals surface area contributed by atoms with E-state index in [9.17, 15) is 41.4 Å². The van der Waals surface area contributed by atoms with Crippen LogP contribution in [0.25, 0.3) is 11.3 Å². The Kier molecular flexibility index (Phi) is 11.5. The van der Waals surface area contributed by atoms with E-state index in [1.165, 1.54) is 55.3 Å². The zero-order chi connectivity index (χ0) is 36.2. The molecule has 0 radical (unpaired) electrons. The molecule has 3 aromatic rings. The molecule has 2 fully saturated rings. The summed E-state index contributed by atoms with van der Waals surface area (Å²) in [6.45, 7) is 1.77. The number of carbonyl (C=O) groups is 4. The standard InChI is InChI=1S/C28H29ClF2N6O5.C2HF3O2/c1-35-21(18-5-6-22(42-2)24(31)23(18)30)14-33-25(35)26(39)34-15-3-4-17(19(29)11-15)27(40)36-7-9-37(10-8-36)28(41)20-12-16(38)13-32-20;3-2(4,5)1(6)7/h3-6,11,14,16,20,32,38H,7-10,12-13H2,1-2H3,(H,34,39);(H,6,7)/t16-,20-;/m0./s1. The highest BCUT2D eigenvalue weighted by Gasteiger charge is 2.38. The Bertz CT molecular complexity index is 1750. The van der Waals surface area contributed by atoms with Gasteiger partial charge in [-0.1, -0.05) is 11.6 Å². The number of carbonyl (C=O) groups excluding carboxylic acids is 3. The first-order chi connectivity index (χ1) is 23.0. The van der Waals surface area contributed by atoms with Gasteiger partial charge in [0.15, 0.2) is 17.4 Å². The van der Waals surface area contributed by atoms with Crippen LogP contribution < -0.4 is 15.4 Å². The summed E-state index contributed by atoms with van der Waals surface area (Å²) < 4.78 is 66.7. The van der Waals surface area contributed by atoms with E-state index in [4.69, 9.17) is 26.2 Å². The van der Waals surface area contributed by atoms with Gasteiger partial charge in [-0.15, -0.1) is 0 Å². The van der Waals surface area contributed by atoms with Crippen LogP contribution in [0, 0.1) is 11.6 Å². The number of methoxy groups -OCH3 is 1. The topological polar surface area (TPSA) is 166 Å². The number of carboxylic acids is 1. The van der Waals surface area contributed by atoms with E-state index >= 15 is 0 Å². The van der Waals surface area contributed by atoms with Gasteiger partial charge in [0.2, 0.25) is 11.7 Å². The number of nitrogens with zero attached hydrogens (tertiary/aromatic N) is 4. The van der Waals surface area contributed by atoms with Gasteiger partial charge in [0.05, 0.1) is 41.7 Å². The highest BCUT2D eigenvalue weighted by molar-refractivity contribution is 6.34. The SMILES string of the molecule is COc1ccc(-c2cnc(C(=O)Nc3ccc(C(=O)N4CCN(C(=O)[C@@H]5C[C@H](O)CN5)CC4)c(Cl)c3)n2C)c(F)c1F.O=C(O)C(F)(F)F. The number of rotatable bonds is 6. The van der Waals surface area contributed by atoms with Gasteiger partial charge in [0.25, 0.3) is 11.8 Å². The number of nitrogens with one attached hydrogen (secondary N) is 2. The van der Waals surface area contributed by atoms with Crippen molar-refractivity contribution in [2.24, 2.45) is 7.05 Å². The third-order valence-corrected chi connectivity index (χ3v) is 8.03. The molecule has 0 bridgehead atoms.